The number of hydrogen-bond donors (Lipinski definition) is 3. The van der Waals surface area contributed by atoms with Gasteiger partial charge in [0.25, 0.3) is 5.91 Å². The lowest BCUT2D eigenvalue weighted by molar-refractivity contribution is -0.383. The Kier molecular flexibility index (Phi) is 5.58. The summed E-state index contributed by atoms with van der Waals surface area (Å²) >= 11 is 0. The van der Waals surface area contributed by atoms with Crippen LogP contribution in [-0.4, -0.2) is 49.9 Å². The van der Waals surface area contributed by atoms with Crippen molar-refractivity contribution in [3.05, 3.63) is 46.5 Å². The van der Waals surface area contributed by atoms with E-state index >= 15 is 0 Å². The average molecular weight is 387 g/mol. The molecule has 0 aromatic carbocycles. The normalized spacial score (nSPS) is 14.4. The number of carbonyl (C=O) groups excluding carboxylic acids is 1. The molecule has 1 aliphatic rings. The minimum absolute atomic E-state index is 0.0713. The van der Waals surface area contributed by atoms with Gasteiger partial charge >= 0.3 is 11.7 Å². The number of hydrazine groups is 1. The van der Waals surface area contributed by atoms with Gasteiger partial charge in [-0.15, -0.1) is 0 Å². The van der Waals surface area contributed by atoms with Crippen molar-refractivity contribution in [2.45, 2.75) is 12.8 Å². The molecule has 3 heterocycles. The largest absolute Gasteiger partial charge is 0.481 e. The molecule has 28 heavy (non-hydrogen) atoms. The lowest BCUT2D eigenvalue weighted by Crippen LogP contribution is -2.37. The highest BCUT2D eigenvalue weighted by Gasteiger charge is 2.31. The highest BCUT2D eigenvalue weighted by molar-refractivity contribution is 5.94. The van der Waals surface area contributed by atoms with Gasteiger partial charge in [-0.25, -0.2) is 9.97 Å². The number of piperidine rings is 1. The summed E-state index contributed by atoms with van der Waals surface area (Å²) in [5, 5.41) is 20.7. The van der Waals surface area contributed by atoms with Crippen LogP contribution in [0.25, 0.3) is 0 Å². The van der Waals surface area contributed by atoms with Gasteiger partial charge in [-0.2, -0.15) is 0 Å². The third kappa shape index (κ3) is 4.11. The Balaban J connectivity index is 1.77. The molecule has 1 amide bonds. The number of anilines is 2. The average Bonchev–Trinajstić information content (AvgIpc) is 2.72. The molecule has 2 aromatic heterocycles. The second-order valence-electron chi connectivity index (χ2n) is 6.07. The number of carboxylic acids is 1. The molecule has 1 aliphatic heterocycles. The first-order chi connectivity index (χ1) is 13.5. The molecule has 0 atom stereocenters. The Morgan fingerprint density at radius 2 is 2.04 bits per heavy atom. The SMILES string of the molecule is O=C(NNc1ncnc(N2CCC(C(=O)O)CC2)c1[N+](=O)[O-])c1cccnc1. The number of carboxylic acid groups (broad SMARTS) is 1. The molecule has 0 saturated carbocycles. The topological polar surface area (TPSA) is 163 Å². The number of pyridine rings is 1. The number of aromatic nitrogens is 3. The standard InChI is InChI=1S/C16H17N7O5/c24-15(11-2-1-5-17-8-11)21-20-13-12(23(27)28)14(19-9-18-13)22-6-3-10(4-7-22)16(25)26/h1-2,5,8-10H,3-4,6-7H2,(H,21,24)(H,25,26)(H,18,19,20). The van der Waals surface area contributed by atoms with E-state index in [1.165, 1.54) is 18.5 Å². The fourth-order valence-corrected chi connectivity index (χ4v) is 2.88. The lowest BCUT2D eigenvalue weighted by atomic mass is 9.97. The zero-order chi connectivity index (χ0) is 20.1. The van der Waals surface area contributed by atoms with Crippen molar-refractivity contribution in [3.63, 3.8) is 0 Å². The van der Waals surface area contributed by atoms with Gasteiger partial charge in [-0.3, -0.25) is 35.5 Å². The first-order valence-corrected chi connectivity index (χ1v) is 8.41. The minimum Gasteiger partial charge on any atom is -0.481 e. The van der Waals surface area contributed by atoms with Crippen molar-refractivity contribution < 1.29 is 19.6 Å². The van der Waals surface area contributed by atoms with Crippen molar-refractivity contribution in [2.24, 2.45) is 5.92 Å². The van der Waals surface area contributed by atoms with Crippen molar-refractivity contribution in [2.75, 3.05) is 23.4 Å². The van der Waals surface area contributed by atoms with Gasteiger partial charge in [0.15, 0.2) is 0 Å². The predicted molar refractivity (Wildman–Crippen MR) is 96.6 cm³/mol. The summed E-state index contributed by atoms with van der Waals surface area (Å²) in [5.41, 5.74) is 4.67. The number of nitrogens with one attached hydrogen (secondary N) is 2. The van der Waals surface area contributed by atoms with Gasteiger partial charge in [0.1, 0.15) is 6.33 Å². The van der Waals surface area contributed by atoms with Gasteiger partial charge in [0.2, 0.25) is 11.6 Å². The summed E-state index contributed by atoms with van der Waals surface area (Å²) in [7, 11) is 0. The van der Waals surface area contributed by atoms with Crippen molar-refractivity contribution in [1.82, 2.24) is 20.4 Å². The van der Waals surface area contributed by atoms with Crippen LogP contribution in [0.4, 0.5) is 17.3 Å². The Hall–Kier alpha value is -3.83. The summed E-state index contributed by atoms with van der Waals surface area (Å²) in [5.74, 6) is -2.00. The predicted octanol–water partition coefficient (Wildman–Crippen LogP) is 0.838. The van der Waals surface area contributed by atoms with Gasteiger partial charge < -0.3 is 10.0 Å². The monoisotopic (exact) mass is 387 g/mol. The molecule has 3 N–H and O–H groups in total. The Labute approximate surface area is 158 Å². The van der Waals surface area contributed by atoms with E-state index in [1.54, 1.807) is 11.0 Å². The Morgan fingerprint density at radius 3 is 2.64 bits per heavy atom. The number of aliphatic carboxylic acids is 1. The summed E-state index contributed by atoms with van der Waals surface area (Å²) in [4.78, 5) is 47.5. The lowest BCUT2D eigenvalue weighted by Gasteiger charge is -2.30. The molecule has 146 valence electrons. The van der Waals surface area contributed by atoms with Crippen LogP contribution in [0.1, 0.15) is 23.2 Å². The zero-order valence-electron chi connectivity index (χ0n) is 14.6. The highest BCUT2D eigenvalue weighted by Crippen LogP contribution is 2.33. The number of nitro groups is 1. The molecular formula is C16H17N7O5. The van der Waals surface area contributed by atoms with Crippen LogP contribution in [0.3, 0.4) is 0 Å². The van der Waals surface area contributed by atoms with Crippen LogP contribution in [0, 0.1) is 16.0 Å². The molecule has 0 radical (unpaired) electrons. The van der Waals surface area contributed by atoms with E-state index in [0.717, 1.165) is 6.33 Å². The fourth-order valence-electron chi connectivity index (χ4n) is 2.88. The molecule has 12 nitrogen and oxygen atoms in total. The van der Waals surface area contributed by atoms with Gasteiger partial charge in [-0.05, 0) is 25.0 Å². The molecule has 0 unspecified atom stereocenters. The zero-order valence-corrected chi connectivity index (χ0v) is 14.6. The second kappa shape index (κ2) is 8.24. The van der Waals surface area contributed by atoms with E-state index in [1.807, 2.05) is 0 Å². The summed E-state index contributed by atoms with van der Waals surface area (Å²) in [6.07, 6.45) is 4.72. The molecule has 1 saturated heterocycles. The van der Waals surface area contributed by atoms with Crippen molar-refractivity contribution >= 4 is 29.2 Å². The molecule has 0 bridgehead atoms. The number of nitrogens with zero attached hydrogens (tertiary/aromatic N) is 5. The van der Waals surface area contributed by atoms with Gasteiger partial charge in [0, 0.05) is 25.5 Å². The maximum atomic E-state index is 12.1. The molecule has 1 fully saturated rings. The fraction of sp³-hybridized carbons (Fsp3) is 0.312. The van der Waals surface area contributed by atoms with Crippen LogP contribution >= 0.6 is 0 Å². The smallest absolute Gasteiger partial charge is 0.355 e. The first kappa shape index (κ1) is 18.9. The Bertz CT molecular complexity index is 884. The molecular weight excluding hydrogens is 370 g/mol. The van der Waals surface area contributed by atoms with Crippen molar-refractivity contribution in [3.8, 4) is 0 Å². The van der Waals surface area contributed by atoms with E-state index in [0.29, 0.717) is 25.9 Å². The van der Waals surface area contributed by atoms with Crippen LogP contribution < -0.4 is 15.8 Å². The van der Waals surface area contributed by atoms with Crippen LogP contribution in [0.2, 0.25) is 0 Å². The second-order valence-corrected chi connectivity index (χ2v) is 6.07. The Morgan fingerprint density at radius 1 is 1.29 bits per heavy atom. The van der Waals surface area contributed by atoms with Crippen molar-refractivity contribution in [1.29, 1.82) is 0 Å². The quantitative estimate of drug-likeness (QED) is 0.478. The van der Waals surface area contributed by atoms with Gasteiger partial charge in [-0.1, -0.05) is 0 Å². The molecule has 2 aromatic rings. The minimum atomic E-state index is -0.877. The first-order valence-electron chi connectivity index (χ1n) is 8.41. The third-order valence-electron chi connectivity index (χ3n) is 4.35. The molecule has 0 spiro atoms. The van der Waals surface area contributed by atoms with E-state index in [-0.39, 0.29) is 17.2 Å². The van der Waals surface area contributed by atoms with E-state index in [9.17, 15) is 19.7 Å². The molecule has 0 aliphatic carbocycles. The summed E-state index contributed by atoms with van der Waals surface area (Å²) in [6.45, 7) is 0.632. The number of amides is 1. The van der Waals surface area contributed by atoms with Crippen LogP contribution in [0.5, 0.6) is 0 Å². The molecule has 12 heteroatoms. The summed E-state index contributed by atoms with van der Waals surface area (Å²) < 4.78 is 0. The van der Waals surface area contributed by atoms with Gasteiger partial charge in [0.05, 0.1) is 16.4 Å². The van der Waals surface area contributed by atoms with E-state index in [4.69, 9.17) is 5.11 Å². The maximum Gasteiger partial charge on any atom is 0.355 e. The van der Waals surface area contributed by atoms with Crippen LogP contribution in [-0.2, 0) is 4.79 Å². The number of carbonyl (C=O) groups is 2. The molecule has 3 rings (SSSR count). The van der Waals surface area contributed by atoms with E-state index in [2.05, 4.69) is 25.8 Å². The maximum absolute atomic E-state index is 12.1. The third-order valence-corrected chi connectivity index (χ3v) is 4.35. The highest BCUT2D eigenvalue weighted by atomic mass is 16.6. The summed E-state index contributed by atoms with van der Waals surface area (Å²) in [6, 6.07) is 3.12. The number of hydrogen-bond acceptors (Lipinski definition) is 9. The number of rotatable bonds is 6. The van der Waals surface area contributed by atoms with E-state index < -0.39 is 28.4 Å². The van der Waals surface area contributed by atoms with Crippen LogP contribution in [0.15, 0.2) is 30.9 Å².